The summed E-state index contributed by atoms with van der Waals surface area (Å²) in [6.07, 6.45) is 0.805. The van der Waals surface area contributed by atoms with Gasteiger partial charge in [-0.3, -0.25) is 0 Å². The molecular weight excluding hydrogens is 302 g/mol. The third-order valence-electron chi connectivity index (χ3n) is 3.29. The summed E-state index contributed by atoms with van der Waals surface area (Å²) < 4.78 is 6.41. The molecule has 0 aliphatic carbocycles. The summed E-state index contributed by atoms with van der Waals surface area (Å²) in [7, 11) is 1.67. The van der Waals surface area contributed by atoms with E-state index in [1.54, 1.807) is 7.11 Å². The zero-order valence-corrected chi connectivity index (χ0v) is 12.8. The summed E-state index contributed by atoms with van der Waals surface area (Å²) in [6, 6.07) is 14.2. The second-order valence-electron chi connectivity index (χ2n) is 4.62. The Labute approximate surface area is 122 Å². The van der Waals surface area contributed by atoms with E-state index < -0.39 is 0 Å². The average Bonchev–Trinajstić information content (AvgIpc) is 2.41. The van der Waals surface area contributed by atoms with Crippen molar-refractivity contribution in [2.24, 2.45) is 5.73 Å². The third-order valence-corrected chi connectivity index (χ3v) is 3.79. The minimum atomic E-state index is -0.0754. The first-order chi connectivity index (χ1) is 9.11. The van der Waals surface area contributed by atoms with E-state index in [4.69, 9.17) is 10.5 Å². The Morgan fingerprint density at radius 1 is 1.21 bits per heavy atom. The van der Waals surface area contributed by atoms with Crippen LogP contribution in [0.3, 0.4) is 0 Å². The second kappa shape index (κ2) is 6.22. The quantitative estimate of drug-likeness (QED) is 0.924. The fourth-order valence-corrected chi connectivity index (χ4v) is 2.56. The van der Waals surface area contributed by atoms with E-state index >= 15 is 0 Å². The lowest BCUT2D eigenvalue weighted by molar-refractivity contribution is 0.405. The van der Waals surface area contributed by atoms with Crippen LogP contribution >= 0.6 is 15.9 Å². The lowest BCUT2D eigenvalue weighted by Crippen LogP contribution is -2.15. The van der Waals surface area contributed by atoms with E-state index in [0.29, 0.717) is 0 Å². The highest BCUT2D eigenvalue weighted by atomic mass is 79.9. The van der Waals surface area contributed by atoms with Crippen molar-refractivity contribution in [1.29, 1.82) is 0 Å². The molecule has 1 atom stereocenters. The van der Waals surface area contributed by atoms with Gasteiger partial charge in [0, 0.05) is 16.1 Å². The molecule has 100 valence electrons. The van der Waals surface area contributed by atoms with Gasteiger partial charge in [0.1, 0.15) is 5.75 Å². The first-order valence-electron chi connectivity index (χ1n) is 6.25. The molecule has 0 aliphatic heterocycles. The summed E-state index contributed by atoms with van der Waals surface area (Å²) in [4.78, 5) is 0. The number of methoxy groups -OCH3 is 1. The van der Waals surface area contributed by atoms with Crippen molar-refractivity contribution in [2.45, 2.75) is 19.4 Å². The Morgan fingerprint density at radius 3 is 2.63 bits per heavy atom. The molecule has 0 heterocycles. The summed E-state index contributed by atoms with van der Waals surface area (Å²) >= 11 is 3.48. The van der Waals surface area contributed by atoms with E-state index in [9.17, 15) is 0 Å². The maximum absolute atomic E-state index is 6.34. The van der Waals surface area contributed by atoms with E-state index in [0.717, 1.165) is 22.2 Å². The van der Waals surface area contributed by atoms with Crippen molar-refractivity contribution < 1.29 is 4.74 Å². The maximum atomic E-state index is 6.34. The van der Waals surface area contributed by atoms with Crippen LogP contribution in [0.1, 0.15) is 22.7 Å². The molecule has 2 aromatic rings. The highest BCUT2D eigenvalue weighted by Crippen LogP contribution is 2.29. The number of aryl methyl sites for hydroxylation is 1. The number of nitrogens with two attached hydrogens (primary N) is 1. The number of hydrogen-bond acceptors (Lipinski definition) is 2. The van der Waals surface area contributed by atoms with Crippen molar-refractivity contribution in [1.82, 2.24) is 0 Å². The van der Waals surface area contributed by atoms with Crippen LogP contribution in [0.2, 0.25) is 0 Å². The van der Waals surface area contributed by atoms with Gasteiger partial charge in [-0.2, -0.15) is 0 Å². The molecule has 2 nitrogen and oxygen atoms in total. The van der Waals surface area contributed by atoms with Gasteiger partial charge in [0.15, 0.2) is 0 Å². The molecule has 3 heteroatoms. The molecule has 0 aliphatic rings. The van der Waals surface area contributed by atoms with Crippen molar-refractivity contribution >= 4 is 15.9 Å². The highest BCUT2D eigenvalue weighted by molar-refractivity contribution is 9.10. The van der Waals surface area contributed by atoms with Crippen molar-refractivity contribution in [3.05, 3.63) is 63.6 Å². The first kappa shape index (κ1) is 14.1. The molecule has 19 heavy (non-hydrogen) atoms. The summed E-state index contributed by atoms with van der Waals surface area (Å²) in [6.45, 7) is 2.11. The average molecular weight is 320 g/mol. The van der Waals surface area contributed by atoms with Crippen molar-refractivity contribution in [3.63, 3.8) is 0 Å². The monoisotopic (exact) mass is 319 g/mol. The summed E-state index contributed by atoms with van der Waals surface area (Å²) in [5, 5.41) is 0. The van der Waals surface area contributed by atoms with Crippen LogP contribution in [-0.4, -0.2) is 7.11 Å². The lowest BCUT2D eigenvalue weighted by Gasteiger charge is -2.17. The predicted octanol–water partition coefficient (Wildman–Crippen LogP) is 4.01. The topological polar surface area (TPSA) is 35.2 Å². The Morgan fingerprint density at radius 2 is 1.95 bits per heavy atom. The zero-order chi connectivity index (χ0) is 13.8. The number of halogens is 1. The molecule has 1 unspecified atom stereocenters. The molecule has 0 fully saturated rings. The second-order valence-corrected chi connectivity index (χ2v) is 5.54. The van der Waals surface area contributed by atoms with Crippen LogP contribution in [0.15, 0.2) is 46.9 Å². The van der Waals surface area contributed by atoms with Gasteiger partial charge in [-0.05, 0) is 42.7 Å². The van der Waals surface area contributed by atoms with Gasteiger partial charge in [-0.1, -0.05) is 40.2 Å². The largest absolute Gasteiger partial charge is 0.496 e. The molecule has 0 aromatic heterocycles. The first-order valence-corrected chi connectivity index (χ1v) is 7.04. The van der Waals surface area contributed by atoms with Gasteiger partial charge in [0.05, 0.1) is 7.11 Å². The SMILES string of the molecule is COc1ccc(Br)cc1C(N)Cc1ccccc1C. The van der Waals surface area contributed by atoms with E-state index in [2.05, 4.69) is 35.0 Å². The number of rotatable bonds is 4. The normalized spacial score (nSPS) is 12.2. The summed E-state index contributed by atoms with van der Waals surface area (Å²) in [5.41, 5.74) is 9.91. The van der Waals surface area contributed by atoms with Crippen molar-refractivity contribution in [3.8, 4) is 5.75 Å². The fourth-order valence-electron chi connectivity index (χ4n) is 2.18. The minimum Gasteiger partial charge on any atom is -0.496 e. The van der Waals surface area contributed by atoms with Crippen LogP contribution in [0, 0.1) is 6.92 Å². The Hall–Kier alpha value is -1.32. The van der Waals surface area contributed by atoms with Crippen LogP contribution in [0.5, 0.6) is 5.75 Å². The number of benzene rings is 2. The molecule has 0 spiro atoms. The number of hydrogen-bond donors (Lipinski definition) is 1. The molecule has 2 N–H and O–H groups in total. The lowest BCUT2D eigenvalue weighted by atomic mass is 9.96. The van der Waals surface area contributed by atoms with Crippen LogP contribution < -0.4 is 10.5 Å². The molecule has 2 rings (SSSR count). The standard InChI is InChI=1S/C16H18BrNO/c1-11-5-3-4-6-12(11)9-15(18)14-10-13(17)7-8-16(14)19-2/h3-8,10,15H,9,18H2,1-2H3. The molecular formula is C16H18BrNO. The molecule has 0 radical (unpaired) electrons. The van der Waals surface area contributed by atoms with Gasteiger partial charge in [0.2, 0.25) is 0 Å². The molecule has 2 aromatic carbocycles. The maximum Gasteiger partial charge on any atom is 0.123 e. The zero-order valence-electron chi connectivity index (χ0n) is 11.2. The third kappa shape index (κ3) is 3.37. The Bertz CT molecular complexity index is 568. The summed E-state index contributed by atoms with van der Waals surface area (Å²) in [5.74, 6) is 0.837. The van der Waals surface area contributed by atoms with Crippen molar-refractivity contribution in [2.75, 3.05) is 7.11 Å². The minimum absolute atomic E-state index is 0.0754. The molecule has 0 bridgehead atoms. The smallest absolute Gasteiger partial charge is 0.123 e. The van der Waals surface area contributed by atoms with Crippen LogP contribution in [0.25, 0.3) is 0 Å². The van der Waals surface area contributed by atoms with Gasteiger partial charge >= 0.3 is 0 Å². The Kier molecular flexibility index (Phi) is 4.61. The van der Waals surface area contributed by atoms with E-state index in [1.165, 1.54) is 11.1 Å². The highest BCUT2D eigenvalue weighted by Gasteiger charge is 2.14. The van der Waals surface area contributed by atoms with E-state index in [1.807, 2.05) is 30.3 Å². The van der Waals surface area contributed by atoms with Crippen LogP contribution in [0.4, 0.5) is 0 Å². The van der Waals surface area contributed by atoms with Crippen LogP contribution in [-0.2, 0) is 6.42 Å². The van der Waals surface area contributed by atoms with Gasteiger partial charge in [-0.25, -0.2) is 0 Å². The van der Waals surface area contributed by atoms with Gasteiger partial charge < -0.3 is 10.5 Å². The molecule has 0 amide bonds. The predicted molar refractivity (Wildman–Crippen MR) is 82.5 cm³/mol. The van der Waals surface area contributed by atoms with E-state index in [-0.39, 0.29) is 6.04 Å². The Balaban J connectivity index is 2.27. The molecule has 0 saturated heterocycles. The molecule has 0 saturated carbocycles. The van der Waals surface area contributed by atoms with Gasteiger partial charge in [0.25, 0.3) is 0 Å². The fraction of sp³-hybridized carbons (Fsp3) is 0.250. The number of ether oxygens (including phenoxy) is 1. The van der Waals surface area contributed by atoms with Gasteiger partial charge in [-0.15, -0.1) is 0 Å².